The van der Waals surface area contributed by atoms with Gasteiger partial charge in [0, 0.05) is 84.3 Å². The first-order valence-corrected chi connectivity index (χ1v) is 25.0. The average molecular weight is 1110 g/mol. The van der Waals surface area contributed by atoms with Gasteiger partial charge in [0.2, 0.25) is 0 Å². The molecule has 0 fully saturated rings. The normalized spacial score (nSPS) is 17.7. The van der Waals surface area contributed by atoms with Crippen molar-refractivity contribution in [3.8, 4) is 0 Å². The fourth-order valence-electron chi connectivity index (χ4n) is 8.46. The molecule has 4 aliphatic heterocycles. The Kier molecular flexibility index (Phi) is 14.2. The van der Waals surface area contributed by atoms with Crippen LogP contribution in [0.15, 0.2) is 194 Å². The number of allylic oxidation sites excluding steroid dienone is 10. The Balaban J connectivity index is 1.16. The first-order valence-electron chi connectivity index (χ1n) is 21.2. The highest BCUT2D eigenvalue weighted by Gasteiger charge is 2.29. The smallest absolute Gasteiger partial charge is 0.0739 e. The average Bonchev–Trinajstić information content (AvgIpc) is 4.20. The van der Waals surface area contributed by atoms with E-state index in [4.69, 9.17) is 131 Å². The number of halogens is 10. The van der Waals surface area contributed by atoms with Crippen LogP contribution in [0.5, 0.6) is 0 Å². The van der Waals surface area contributed by atoms with Gasteiger partial charge in [0.15, 0.2) is 0 Å². The molecule has 6 aromatic rings. The van der Waals surface area contributed by atoms with E-state index in [1.807, 2.05) is 60.7 Å². The van der Waals surface area contributed by atoms with Crippen LogP contribution in [0.2, 0.25) is 50.2 Å². The monoisotopic (exact) mass is 1110 g/mol. The van der Waals surface area contributed by atoms with Crippen LogP contribution in [-0.4, -0.2) is 28.3 Å². The van der Waals surface area contributed by atoms with E-state index < -0.39 is 0 Å². The molecule has 10 rings (SSSR count). The first-order chi connectivity index (χ1) is 33.9. The van der Waals surface area contributed by atoms with E-state index in [0.29, 0.717) is 147 Å². The van der Waals surface area contributed by atoms with Crippen molar-refractivity contribution in [1.29, 1.82) is 0 Å². The first kappa shape index (κ1) is 48.5. The molecule has 0 bridgehead atoms. The molecule has 5 aromatic carbocycles. The number of hydrogen-bond acceptors (Lipinski definition) is 4. The van der Waals surface area contributed by atoms with Crippen LogP contribution in [-0.2, 0) is 6.42 Å². The molecule has 70 heavy (non-hydrogen) atoms. The van der Waals surface area contributed by atoms with Crippen molar-refractivity contribution in [2.45, 2.75) is 6.42 Å². The van der Waals surface area contributed by atoms with Crippen LogP contribution in [0, 0.1) is 0 Å². The topological polar surface area (TPSA) is 65.2 Å². The van der Waals surface area contributed by atoms with Crippen LogP contribution in [0.25, 0.3) is 22.3 Å². The lowest BCUT2D eigenvalue weighted by atomic mass is 9.98. The predicted molar refractivity (Wildman–Crippen MR) is 300 cm³/mol. The summed E-state index contributed by atoms with van der Waals surface area (Å²) in [7, 11) is 0. The van der Waals surface area contributed by atoms with E-state index in [1.165, 1.54) is 0 Å². The van der Waals surface area contributed by atoms with Gasteiger partial charge in [0.1, 0.15) is 0 Å². The number of hydrogen-bond donors (Lipinski definition) is 1. The van der Waals surface area contributed by atoms with Gasteiger partial charge in [-0.1, -0.05) is 146 Å². The Morgan fingerprint density at radius 2 is 0.714 bits per heavy atom. The minimum Gasteiger partial charge on any atom is -0.354 e. The lowest BCUT2D eigenvalue weighted by Gasteiger charge is -2.15. The number of aliphatic imine (C=N–C) groups is 4. The van der Waals surface area contributed by atoms with E-state index in [9.17, 15) is 0 Å². The highest BCUT2D eigenvalue weighted by Crippen LogP contribution is 2.45. The molecule has 4 aliphatic rings. The number of nitrogens with zero attached hydrogens (tertiary/aromatic N) is 4. The van der Waals surface area contributed by atoms with Crippen molar-refractivity contribution in [1.82, 2.24) is 4.98 Å². The second kappa shape index (κ2) is 20.5. The highest BCUT2D eigenvalue weighted by atomic mass is 35.5. The van der Waals surface area contributed by atoms with Crippen LogP contribution >= 0.6 is 116 Å². The lowest BCUT2D eigenvalue weighted by molar-refractivity contribution is 1.27. The molecule has 0 radical (unpaired) electrons. The molecule has 0 spiro atoms. The number of H-pyrrole nitrogens is 1. The third kappa shape index (κ3) is 9.42. The molecule has 0 saturated heterocycles. The summed E-state index contributed by atoms with van der Waals surface area (Å²) in [6.07, 6.45) is 17.2. The summed E-state index contributed by atoms with van der Waals surface area (Å²) in [5.74, 6) is 0. The minimum atomic E-state index is 0.380. The maximum Gasteiger partial charge on any atom is 0.0739 e. The van der Waals surface area contributed by atoms with Crippen LogP contribution < -0.4 is 0 Å². The number of aromatic amines is 1. The Hall–Kier alpha value is -5.12. The molecule has 1 aromatic heterocycles. The maximum absolute atomic E-state index is 7.07. The quantitative estimate of drug-likeness (QED) is 0.142. The lowest BCUT2D eigenvalue weighted by Crippen LogP contribution is -2.04. The summed E-state index contributed by atoms with van der Waals surface area (Å²) in [6.45, 7) is 0. The zero-order chi connectivity index (χ0) is 48.8. The minimum absolute atomic E-state index is 0.380. The fraction of sp³-hybridized carbons (Fsp3) is 0.0182. The molecule has 5 heterocycles. The summed E-state index contributed by atoms with van der Waals surface area (Å²) < 4.78 is 0. The van der Waals surface area contributed by atoms with Crippen molar-refractivity contribution in [2.75, 3.05) is 0 Å². The van der Waals surface area contributed by atoms with E-state index in [1.54, 1.807) is 97.2 Å². The number of rotatable bonds is 10. The molecular formula is C55H29Cl10N5. The third-order valence-electron chi connectivity index (χ3n) is 11.6. The van der Waals surface area contributed by atoms with Crippen molar-refractivity contribution < 1.29 is 0 Å². The fourth-order valence-corrected chi connectivity index (χ4v) is 11.3. The summed E-state index contributed by atoms with van der Waals surface area (Å²) in [5.41, 5.74) is 10.8. The Labute approximate surface area is 453 Å². The molecule has 344 valence electrons. The Morgan fingerprint density at radius 3 is 1.13 bits per heavy atom. The predicted octanol–water partition coefficient (Wildman–Crippen LogP) is 18.8. The molecule has 0 saturated carbocycles. The van der Waals surface area contributed by atoms with Crippen molar-refractivity contribution >= 4 is 162 Å². The van der Waals surface area contributed by atoms with Gasteiger partial charge in [-0.3, -0.25) is 9.98 Å². The van der Waals surface area contributed by atoms with Crippen LogP contribution in [0.1, 0.15) is 39.2 Å². The van der Waals surface area contributed by atoms with Crippen LogP contribution in [0.4, 0.5) is 0 Å². The van der Waals surface area contributed by atoms with Gasteiger partial charge < -0.3 is 4.98 Å². The van der Waals surface area contributed by atoms with Crippen molar-refractivity contribution in [3.05, 3.63) is 264 Å². The number of aromatic nitrogens is 1. The summed E-state index contributed by atoms with van der Waals surface area (Å²) >= 11 is 69.0. The molecular weight excluding hydrogens is 1090 g/mol. The molecule has 0 aliphatic carbocycles. The second-order valence-electron chi connectivity index (χ2n) is 15.8. The largest absolute Gasteiger partial charge is 0.354 e. The number of nitrogens with one attached hydrogen (secondary N) is 1. The third-order valence-corrected chi connectivity index (χ3v) is 14.8. The molecule has 0 unspecified atom stereocenters. The van der Waals surface area contributed by atoms with Crippen molar-refractivity contribution in [3.63, 3.8) is 0 Å². The molecule has 1 N–H and O–H groups in total. The molecule has 0 amide bonds. The van der Waals surface area contributed by atoms with Gasteiger partial charge >= 0.3 is 0 Å². The van der Waals surface area contributed by atoms with E-state index in [2.05, 4.69) is 9.98 Å². The van der Waals surface area contributed by atoms with Gasteiger partial charge in [0.05, 0.1) is 74.4 Å². The highest BCUT2D eigenvalue weighted by molar-refractivity contribution is 6.46. The zero-order valence-corrected chi connectivity index (χ0v) is 43.3. The Bertz CT molecular complexity index is 3510. The zero-order valence-electron chi connectivity index (χ0n) is 35.8. The van der Waals surface area contributed by atoms with Crippen molar-refractivity contribution in [2.24, 2.45) is 20.0 Å². The molecule has 0 atom stereocenters. The molecule has 15 heteroatoms. The Morgan fingerprint density at radius 1 is 0.357 bits per heavy atom. The summed E-state index contributed by atoms with van der Waals surface area (Å²) in [5, 5.41) is 4.38. The SMILES string of the molecule is Clc1cccc(Cl)c1CC1=N/C(=C(C2=N/C(=C(C3=N/C(=C(\c4ccc(/C(=C5\C=CC=N5)c5c(Cl)cccc5Cl)[nH]4)c4c(Cl)cccc4Cl)C=C3)\c3c(Cl)cccc3Cl)C=C2)\c2c(Cl)cccc2Cl)C=C1. The van der Waals surface area contributed by atoms with Gasteiger partial charge in [-0.25, -0.2) is 9.98 Å². The van der Waals surface area contributed by atoms with E-state index in [0.717, 1.165) is 11.3 Å². The number of benzene rings is 5. The van der Waals surface area contributed by atoms with Gasteiger partial charge in [-0.2, -0.15) is 0 Å². The van der Waals surface area contributed by atoms with Gasteiger partial charge in [-0.05, 0) is 127 Å². The summed E-state index contributed by atoms with van der Waals surface area (Å²) in [6, 6.07) is 30.6. The van der Waals surface area contributed by atoms with Crippen LogP contribution in [0.3, 0.4) is 0 Å². The van der Waals surface area contributed by atoms with E-state index in [-0.39, 0.29) is 0 Å². The second-order valence-corrected chi connectivity index (χ2v) is 19.9. The summed E-state index contributed by atoms with van der Waals surface area (Å²) in [4.78, 5) is 23.9. The van der Waals surface area contributed by atoms with Gasteiger partial charge in [0.25, 0.3) is 0 Å². The maximum atomic E-state index is 7.07. The molecule has 5 nitrogen and oxygen atoms in total. The van der Waals surface area contributed by atoms with E-state index >= 15 is 0 Å². The standard InChI is InChI=1S/C55H29Cl10N5/c56-30-7-1-8-31(57)29(30)27-28-18-19-41(67-28)53(49-34(60)11-3-12-35(49)61)43-22-23-45(69-43)55(51-38(64)15-5-16-39(51)65)47-25-24-46(70-47)54(50-36(62)13-4-14-37(50)63)44-21-20-42(68-44)52(40-17-6-26-66-40)48-32(58)9-2-10-33(48)59/h1-26,68H,27H2/b52-40-,53-41-,54-46+,55-45-. The van der Waals surface area contributed by atoms with Gasteiger partial charge in [-0.15, -0.1) is 0 Å².